The second-order valence-corrected chi connectivity index (χ2v) is 5.36. The minimum Gasteiger partial charge on any atom is -0.439 e. The first kappa shape index (κ1) is 15.2. The molecule has 3 aromatic rings. The molecule has 1 aromatic carbocycles. The summed E-state index contributed by atoms with van der Waals surface area (Å²) >= 11 is 0. The van der Waals surface area contributed by atoms with Crippen molar-refractivity contribution in [2.45, 2.75) is 26.6 Å². The molecule has 6 nitrogen and oxygen atoms in total. The van der Waals surface area contributed by atoms with Gasteiger partial charge in [-0.05, 0) is 38.1 Å². The molecule has 118 valence electrons. The summed E-state index contributed by atoms with van der Waals surface area (Å²) in [5.74, 6) is 1.10. The van der Waals surface area contributed by atoms with Crippen LogP contribution < -0.4 is 4.74 Å². The second kappa shape index (κ2) is 6.58. The van der Waals surface area contributed by atoms with Crippen LogP contribution in [0.4, 0.5) is 0 Å². The smallest absolute Gasteiger partial charge is 0.222 e. The molecule has 0 radical (unpaired) electrons. The van der Waals surface area contributed by atoms with Crippen LogP contribution in [0.2, 0.25) is 0 Å². The van der Waals surface area contributed by atoms with Crippen molar-refractivity contribution in [2.75, 3.05) is 0 Å². The van der Waals surface area contributed by atoms with E-state index in [2.05, 4.69) is 9.97 Å². The van der Waals surface area contributed by atoms with Gasteiger partial charge in [-0.1, -0.05) is 0 Å². The van der Waals surface area contributed by atoms with Gasteiger partial charge < -0.3 is 9.47 Å². The predicted octanol–water partition coefficient (Wildman–Crippen LogP) is 3.19. The van der Waals surface area contributed by atoms with E-state index in [1.807, 2.05) is 32.0 Å². The molecule has 0 atom stereocenters. The Morgan fingerprint density at radius 1 is 1.22 bits per heavy atom. The van der Waals surface area contributed by atoms with Crippen LogP contribution in [-0.4, -0.2) is 27.0 Å². The SMILES string of the molecule is CC(C)OCc1cc(Oc2ccc3c(ccn3C=O)c2)ncn1. The molecule has 6 heteroatoms. The summed E-state index contributed by atoms with van der Waals surface area (Å²) in [4.78, 5) is 19.2. The van der Waals surface area contributed by atoms with E-state index >= 15 is 0 Å². The summed E-state index contributed by atoms with van der Waals surface area (Å²) in [7, 11) is 0. The lowest BCUT2D eigenvalue weighted by Gasteiger charge is -2.08. The van der Waals surface area contributed by atoms with E-state index in [0.29, 0.717) is 18.2 Å². The van der Waals surface area contributed by atoms with Crippen molar-refractivity contribution in [3.8, 4) is 11.6 Å². The van der Waals surface area contributed by atoms with Crippen LogP contribution in [0.25, 0.3) is 10.9 Å². The molecule has 0 aliphatic rings. The zero-order valence-electron chi connectivity index (χ0n) is 13.0. The number of nitrogens with zero attached hydrogens (tertiary/aromatic N) is 3. The molecule has 0 saturated heterocycles. The fraction of sp³-hybridized carbons (Fsp3) is 0.235. The average Bonchev–Trinajstić information content (AvgIpc) is 2.95. The highest BCUT2D eigenvalue weighted by molar-refractivity contribution is 5.86. The highest BCUT2D eigenvalue weighted by Crippen LogP contribution is 2.25. The molecule has 0 spiro atoms. The maximum absolute atomic E-state index is 10.9. The topological polar surface area (TPSA) is 66.2 Å². The normalized spacial score (nSPS) is 11.1. The zero-order chi connectivity index (χ0) is 16.2. The van der Waals surface area contributed by atoms with Crippen LogP contribution in [0.3, 0.4) is 0 Å². The third-order valence-corrected chi connectivity index (χ3v) is 3.29. The van der Waals surface area contributed by atoms with Gasteiger partial charge in [-0.25, -0.2) is 9.97 Å². The van der Waals surface area contributed by atoms with Crippen molar-refractivity contribution >= 4 is 17.3 Å². The van der Waals surface area contributed by atoms with Crippen LogP contribution in [0.1, 0.15) is 19.5 Å². The Balaban J connectivity index is 1.78. The van der Waals surface area contributed by atoms with E-state index in [1.165, 1.54) is 10.9 Å². The van der Waals surface area contributed by atoms with Crippen LogP contribution in [0.5, 0.6) is 11.6 Å². The van der Waals surface area contributed by atoms with E-state index in [1.54, 1.807) is 18.3 Å². The molecule has 0 amide bonds. The van der Waals surface area contributed by atoms with Gasteiger partial charge in [0.15, 0.2) is 0 Å². The van der Waals surface area contributed by atoms with Gasteiger partial charge in [0.2, 0.25) is 12.3 Å². The zero-order valence-corrected chi connectivity index (χ0v) is 13.0. The Bertz CT molecular complexity index is 827. The molecule has 0 bridgehead atoms. The lowest BCUT2D eigenvalue weighted by molar-refractivity contribution is 0.0634. The molecule has 3 rings (SSSR count). The summed E-state index contributed by atoms with van der Waals surface area (Å²) in [5, 5.41) is 0.923. The first-order valence-electron chi connectivity index (χ1n) is 7.32. The standard InChI is InChI=1S/C17H17N3O3/c1-12(2)22-9-14-8-17(19-10-18-14)23-15-3-4-16-13(7-15)5-6-20(16)11-21/h3-8,10-12H,9H2,1-2H3. The minimum absolute atomic E-state index is 0.138. The molecule has 2 aromatic heterocycles. The van der Waals surface area contributed by atoms with Crippen LogP contribution in [0.15, 0.2) is 42.9 Å². The Labute approximate surface area is 133 Å². The summed E-state index contributed by atoms with van der Waals surface area (Å²) < 4.78 is 12.8. The first-order chi connectivity index (χ1) is 11.2. The van der Waals surface area contributed by atoms with Gasteiger partial charge in [-0.3, -0.25) is 9.36 Å². The number of ether oxygens (including phenoxy) is 2. The number of carbonyl (C=O) groups is 1. The molecule has 2 heterocycles. The van der Waals surface area contributed by atoms with E-state index in [-0.39, 0.29) is 6.10 Å². The number of carbonyl (C=O) groups excluding carboxylic acids is 1. The van der Waals surface area contributed by atoms with Crippen LogP contribution in [-0.2, 0) is 16.1 Å². The maximum atomic E-state index is 10.9. The summed E-state index contributed by atoms with van der Waals surface area (Å²) in [5.41, 5.74) is 1.60. The number of benzene rings is 1. The third kappa shape index (κ3) is 3.54. The van der Waals surface area contributed by atoms with Crippen molar-refractivity contribution in [2.24, 2.45) is 0 Å². The number of aromatic nitrogens is 3. The highest BCUT2D eigenvalue weighted by Gasteiger charge is 2.06. The van der Waals surface area contributed by atoms with E-state index in [0.717, 1.165) is 23.0 Å². The first-order valence-corrected chi connectivity index (χ1v) is 7.32. The van der Waals surface area contributed by atoms with E-state index in [4.69, 9.17) is 9.47 Å². The van der Waals surface area contributed by atoms with Crippen molar-refractivity contribution < 1.29 is 14.3 Å². The molecular weight excluding hydrogens is 294 g/mol. The van der Waals surface area contributed by atoms with Crippen molar-refractivity contribution in [3.05, 3.63) is 48.5 Å². The maximum Gasteiger partial charge on any atom is 0.222 e. The second-order valence-electron chi connectivity index (χ2n) is 5.36. The Morgan fingerprint density at radius 2 is 2.09 bits per heavy atom. The largest absolute Gasteiger partial charge is 0.439 e. The van der Waals surface area contributed by atoms with Gasteiger partial charge in [-0.2, -0.15) is 0 Å². The number of rotatable bonds is 6. The van der Waals surface area contributed by atoms with Crippen molar-refractivity contribution in [1.29, 1.82) is 0 Å². The summed E-state index contributed by atoms with van der Waals surface area (Å²) in [6.45, 7) is 4.36. The van der Waals surface area contributed by atoms with Crippen LogP contribution >= 0.6 is 0 Å². The highest BCUT2D eigenvalue weighted by atomic mass is 16.5. The molecule has 0 aliphatic heterocycles. The van der Waals surface area contributed by atoms with Crippen molar-refractivity contribution in [3.63, 3.8) is 0 Å². The molecule has 0 unspecified atom stereocenters. The van der Waals surface area contributed by atoms with Gasteiger partial charge in [0.25, 0.3) is 0 Å². The molecule has 0 fully saturated rings. The predicted molar refractivity (Wildman–Crippen MR) is 86.1 cm³/mol. The van der Waals surface area contributed by atoms with Gasteiger partial charge in [-0.15, -0.1) is 0 Å². The number of hydrogen-bond acceptors (Lipinski definition) is 5. The Hall–Kier alpha value is -2.73. The molecule has 0 aliphatic carbocycles. The number of fused-ring (bicyclic) bond motifs is 1. The van der Waals surface area contributed by atoms with E-state index < -0.39 is 0 Å². The Kier molecular flexibility index (Phi) is 4.34. The quantitative estimate of drug-likeness (QED) is 0.654. The molecular formula is C17H17N3O3. The fourth-order valence-corrected chi connectivity index (χ4v) is 2.18. The van der Waals surface area contributed by atoms with Gasteiger partial charge >= 0.3 is 0 Å². The molecule has 0 saturated carbocycles. The van der Waals surface area contributed by atoms with Gasteiger partial charge in [0, 0.05) is 17.6 Å². The molecule has 0 N–H and O–H groups in total. The van der Waals surface area contributed by atoms with Gasteiger partial charge in [0.1, 0.15) is 12.1 Å². The van der Waals surface area contributed by atoms with E-state index in [9.17, 15) is 4.79 Å². The lowest BCUT2D eigenvalue weighted by atomic mass is 10.2. The minimum atomic E-state index is 0.138. The van der Waals surface area contributed by atoms with Gasteiger partial charge in [0.05, 0.1) is 23.9 Å². The molecule has 23 heavy (non-hydrogen) atoms. The monoisotopic (exact) mass is 311 g/mol. The summed E-state index contributed by atoms with van der Waals surface area (Å²) in [6.07, 6.45) is 4.08. The average molecular weight is 311 g/mol. The summed E-state index contributed by atoms with van der Waals surface area (Å²) in [6, 6.07) is 9.11. The Morgan fingerprint density at radius 3 is 2.87 bits per heavy atom. The third-order valence-electron chi connectivity index (χ3n) is 3.29. The van der Waals surface area contributed by atoms with Crippen LogP contribution in [0, 0.1) is 0 Å². The fourth-order valence-electron chi connectivity index (χ4n) is 2.18. The van der Waals surface area contributed by atoms with Crippen molar-refractivity contribution in [1.82, 2.24) is 14.5 Å². The lowest BCUT2D eigenvalue weighted by Crippen LogP contribution is -2.04. The number of hydrogen-bond donors (Lipinski definition) is 0.